The molecular weight excluding hydrogens is 314 g/mol. The van der Waals surface area contributed by atoms with E-state index in [1.54, 1.807) is 0 Å². The van der Waals surface area contributed by atoms with E-state index >= 15 is 0 Å². The SMILES string of the molecule is CC(C)[C@@H](C(=O)N1CCC(C(N)=O)CC1)N1CCc2ccccc2C1. The van der Waals surface area contributed by atoms with Crippen LogP contribution in [0.25, 0.3) is 0 Å². The number of nitrogens with zero attached hydrogens (tertiary/aromatic N) is 2. The minimum atomic E-state index is -0.236. The van der Waals surface area contributed by atoms with Gasteiger partial charge in [0.1, 0.15) is 0 Å². The summed E-state index contributed by atoms with van der Waals surface area (Å²) in [7, 11) is 0. The summed E-state index contributed by atoms with van der Waals surface area (Å²) >= 11 is 0. The highest BCUT2D eigenvalue weighted by Crippen LogP contribution is 2.26. The van der Waals surface area contributed by atoms with Crippen molar-refractivity contribution in [1.29, 1.82) is 0 Å². The second kappa shape index (κ2) is 7.56. The molecule has 2 N–H and O–H groups in total. The summed E-state index contributed by atoms with van der Waals surface area (Å²) < 4.78 is 0. The molecule has 0 bridgehead atoms. The lowest BCUT2D eigenvalue weighted by molar-refractivity contribution is -0.142. The Morgan fingerprint density at radius 2 is 1.72 bits per heavy atom. The Morgan fingerprint density at radius 3 is 2.32 bits per heavy atom. The van der Waals surface area contributed by atoms with Crippen LogP contribution in [0, 0.1) is 11.8 Å². The van der Waals surface area contributed by atoms with Gasteiger partial charge in [-0.25, -0.2) is 0 Å². The number of benzene rings is 1. The van der Waals surface area contributed by atoms with E-state index in [4.69, 9.17) is 5.73 Å². The highest BCUT2D eigenvalue weighted by Gasteiger charge is 2.36. The average molecular weight is 343 g/mol. The standard InChI is InChI=1S/C20H29N3O2/c1-14(2)18(20(25)22-10-8-16(9-11-22)19(21)24)23-12-7-15-5-3-4-6-17(15)13-23/h3-6,14,16,18H,7-13H2,1-2H3,(H2,21,24)/t18-/m0/s1. The third-order valence-electron chi connectivity index (χ3n) is 5.65. The smallest absolute Gasteiger partial charge is 0.240 e. The second-order valence-corrected chi connectivity index (χ2v) is 7.68. The van der Waals surface area contributed by atoms with Crippen LogP contribution in [0.4, 0.5) is 0 Å². The van der Waals surface area contributed by atoms with Crippen molar-refractivity contribution in [3.05, 3.63) is 35.4 Å². The fourth-order valence-corrected chi connectivity index (χ4v) is 4.19. The van der Waals surface area contributed by atoms with Gasteiger partial charge in [0, 0.05) is 32.1 Å². The molecule has 0 aromatic heterocycles. The maximum Gasteiger partial charge on any atom is 0.240 e. The topological polar surface area (TPSA) is 66.6 Å². The van der Waals surface area contributed by atoms with Crippen molar-refractivity contribution >= 4 is 11.8 Å². The van der Waals surface area contributed by atoms with Gasteiger partial charge < -0.3 is 10.6 Å². The molecule has 1 saturated heterocycles. The lowest BCUT2D eigenvalue weighted by Crippen LogP contribution is -2.54. The highest BCUT2D eigenvalue weighted by molar-refractivity contribution is 5.83. The van der Waals surface area contributed by atoms with Gasteiger partial charge in [-0.1, -0.05) is 38.1 Å². The molecule has 2 amide bonds. The molecule has 3 rings (SSSR count). The van der Waals surface area contributed by atoms with Gasteiger partial charge in [-0.3, -0.25) is 14.5 Å². The molecule has 2 aliphatic rings. The van der Waals surface area contributed by atoms with Gasteiger partial charge in [-0.2, -0.15) is 0 Å². The number of piperidine rings is 1. The van der Waals surface area contributed by atoms with Crippen LogP contribution in [-0.2, 0) is 22.6 Å². The number of likely N-dealkylation sites (tertiary alicyclic amines) is 1. The van der Waals surface area contributed by atoms with Gasteiger partial charge in [0.25, 0.3) is 0 Å². The van der Waals surface area contributed by atoms with Gasteiger partial charge in [-0.05, 0) is 36.3 Å². The molecular formula is C20H29N3O2. The van der Waals surface area contributed by atoms with Crippen LogP contribution >= 0.6 is 0 Å². The van der Waals surface area contributed by atoms with E-state index in [-0.39, 0.29) is 29.7 Å². The van der Waals surface area contributed by atoms with Gasteiger partial charge in [-0.15, -0.1) is 0 Å². The molecule has 1 aromatic rings. The van der Waals surface area contributed by atoms with Gasteiger partial charge in [0.2, 0.25) is 11.8 Å². The van der Waals surface area contributed by atoms with E-state index in [0.29, 0.717) is 25.9 Å². The Labute approximate surface area is 150 Å². The van der Waals surface area contributed by atoms with Crippen molar-refractivity contribution in [3.8, 4) is 0 Å². The highest BCUT2D eigenvalue weighted by atomic mass is 16.2. The third kappa shape index (κ3) is 3.87. The number of carbonyl (C=O) groups excluding carboxylic acids is 2. The number of carbonyl (C=O) groups is 2. The molecule has 0 radical (unpaired) electrons. The summed E-state index contributed by atoms with van der Waals surface area (Å²) in [6.45, 7) is 7.28. The third-order valence-corrected chi connectivity index (χ3v) is 5.65. The molecule has 1 atom stereocenters. The Bertz CT molecular complexity index is 636. The monoisotopic (exact) mass is 343 g/mol. The number of hydrogen-bond donors (Lipinski definition) is 1. The molecule has 2 heterocycles. The van der Waals surface area contributed by atoms with Crippen molar-refractivity contribution in [1.82, 2.24) is 9.80 Å². The zero-order chi connectivity index (χ0) is 18.0. The Balaban J connectivity index is 1.69. The largest absolute Gasteiger partial charge is 0.369 e. The molecule has 1 fully saturated rings. The van der Waals surface area contributed by atoms with E-state index in [9.17, 15) is 9.59 Å². The average Bonchev–Trinajstić information content (AvgIpc) is 2.61. The predicted molar refractivity (Wildman–Crippen MR) is 97.7 cm³/mol. The van der Waals surface area contributed by atoms with Gasteiger partial charge in [0.15, 0.2) is 0 Å². The summed E-state index contributed by atoms with van der Waals surface area (Å²) in [6, 6.07) is 8.42. The molecule has 1 aromatic carbocycles. The van der Waals surface area contributed by atoms with Crippen LogP contribution < -0.4 is 5.73 Å². The lowest BCUT2D eigenvalue weighted by atomic mass is 9.92. The maximum absolute atomic E-state index is 13.2. The van der Waals surface area contributed by atoms with Crippen molar-refractivity contribution in [3.63, 3.8) is 0 Å². The van der Waals surface area contributed by atoms with Crippen LogP contribution in [0.3, 0.4) is 0 Å². The number of rotatable bonds is 4. The minimum Gasteiger partial charge on any atom is -0.369 e. The van der Waals surface area contributed by atoms with Crippen molar-refractivity contribution in [2.24, 2.45) is 17.6 Å². The number of primary amides is 1. The number of amides is 2. The molecule has 0 saturated carbocycles. The minimum absolute atomic E-state index is 0.0802. The first kappa shape index (κ1) is 17.9. The Morgan fingerprint density at radius 1 is 1.08 bits per heavy atom. The zero-order valence-corrected chi connectivity index (χ0v) is 15.3. The molecule has 136 valence electrons. The van der Waals surface area contributed by atoms with Crippen molar-refractivity contribution in [2.45, 2.75) is 45.7 Å². The van der Waals surface area contributed by atoms with E-state index < -0.39 is 0 Å². The molecule has 25 heavy (non-hydrogen) atoms. The first-order valence-electron chi connectivity index (χ1n) is 9.36. The number of fused-ring (bicyclic) bond motifs is 1. The van der Waals surface area contributed by atoms with Crippen molar-refractivity contribution < 1.29 is 9.59 Å². The number of nitrogens with two attached hydrogens (primary N) is 1. The zero-order valence-electron chi connectivity index (χ0n) is 15.3. The summed E-state index contributed by atoms with van der Waals surface area (Å²) in [5, 5.41) is 0. The maximum atomic E-state index is 13.2. The van der Waals surface area contributed by atoms with E-state index in [2.05, 4.69) is 43.0 Å². The molecule has 0 unspecified atom stereocenters. The Hall–Kier alpha value is -1.88. The van der Waals surface area contributed by atoms with E-state index in [1.807, 2.05) is 4.90 Å². The predicted octanol–water partition coefficient (Wildman–Crippen LogP) is 1.79. The molecule has 0 aliphatic carbocycles. The fraction of sp³-hybridized carbons (Fsp3) is 0.600. The van der Waals surface area contributed by atoms with Gasteiger partial charge in [0.05, 0.1) is 6.04 Å². The summed E-state index contributed by atoms with van der Waals surface area (Å²) in [4.78, 5) is 28.8. The first-order valence-corrected chi connectivity index (χ1v) is 9.36. The first-order chi connectivity index (χ1) is 12.0. The quantitative estimate of drug-likeness (QED) is 0.906. The second-order valence-electron chi connectivity index (χ2n) is 7.68. The van der Waals surface area contributed by atoms with E-state index in [0.717, 1.165) is 19.5 Å². The summed E-state index contributed by atoms with van der Waals surface area (Å²) in [5.74, 6) is 0.146. The van der Waals surface area contributed by atoms with Gasteiger partial charge >= 0.3 is 0 Å². The summed E-state index contributed by atoms with van der Waals surface area (Å²) in [5.41, 5.74) is 8.14. The Kier molecular flexibility index (Phi) is 5.42. The molecule has 0 spiro atoms. The van der Waals surface area contributed by atoms with Crippen LogP contribution in [0.15, 0.2) is 24.3 Å². The normalized spacial score (nSPS) is 20.4. The van der Waals surface area contributed by atoms with Crippen LogP contribution in [0.5, 0.6) is 0 Å². The van der Waals surface area contributed by atoms with E-state index in [1.165, 1.54) is 11.1 Å². The molecule has 5 nitrogen and oxygen atoms in total. The fourth-order valence-electron chi connectivity index (χ4n) is 4.19. The molecule has 2 aliphatic heterocycles. The lowest BCUT2D eigenvalue weighted by Gasteiger charge is -2.41. The van der Waals surface area contributed by atoms with Crippen LogP contribution in [-0.4, -0.2) is 47.3 Å². The van der Waals surface area contributed by atoms with Crippen LogP contribution in [0.2, 0.25) is 0 Å². The van der Waals surface area contributed by atoms with Crippen LogP contribution in [0.1, 0.15) is 37.8 Å². The van der Waals surface area contributed by atoms with Crippen molar-refractivity contribution in [2.75, 3.05) is 19.6 Å². The molecule has 5 heteroatoms. The number of hydrogen-bond acceptors (Lipinski definition) is 3. The summed E-state index contributed by atoms with van der Waals surface area (Å²) in [6.07, 6.45) is 2.37.